The normalized spacial score (nSPS) is 22.0. The van der Waals surface area contributed by atoms with Gasteiger partial charge in [-0.15, -0.1) is 0 Å². The summed E-state index contributed by atoms with van der Waals surface area (Å²) in [4.78, 5) is 19.8. The van der Waals surface area contributed by atoms with E-state index in [4.69, 9.17) is 0 Å². The zero-order valence-corrected chi connectivity index (χ0v) is 17.1. The van der Waals surface area contributed by atoms with Gasteiger partial charge in [-0.1, -0.05) is 38.1 Å². The van der Waals surface area contributed by atoms with Gasteiger partial charge in [0.05, 0.1) is 0 Å². The lowest BCUT2D eigenvalue weighted by atomic mass is 10.0. The number of carbonyl (C=O) groups is 1. The fourth-order valence-corrected chi connectivity index (χ4v) is 4.35. The van der Waals surface area contributed by atoms with Crippen molar-refractivity contribution in [3.05, 3.63) is 35.4 Å². The first-order valence-corrected chi connectivity index (χ1v) is 10.8. The van der Waals surface area contributed by atoms with Crippen molar-refractivity contribution < 1.29 is 4.79 Å². The summed E-state index contributed by atoms with van der Waals surface area (Å²) < 4.78 is 0. The molecule has 2 amide bonds. The van der Waals surface area contributed by atoms with E-state index in [1.165, 1.54) is 17.5 Å². The van der Waals surface area contributed by atoms with Crippen LogP contribution in [0.5, 0.6) is 0 Å². The molecule has 5 heteroatoms. The zero-order chi connectivity index (χ0) is 19.1. The highest BCUT2D eigenvalue weighted by molar-refractivity contribution is 5.74. The van der Waals surface area contributed by atoms with Gasteiger partial charge in [-0.25, -0.2) is 4.79 Å². The lowest BCUT2D eigenvalue weighted by Crippen LogP contribution is -2.48. The van der Waals surface area contributed by atoms with Crippen LogP contribution in [0.4, 0.5) is 4.79 Å². The molecule has 0 radical (unpaired) electrons. The maximum Gasteiger partial charge on any atom is 0.317 e. The monoisotopic (exact) mass is 372 g/mol. The van der Waals surface area contributed by atoms with Crippen molar-refractivity contribution in [2.75, 3.05) is 39.3 Å². The van der Waals surface area contributed by atoms with Gasteiger partial charge in [0, 0.05) is 51.9 Å². The Morgan fingerprint density at radius 1 is 1.00 bits per heavy atom. The average Bonchev–Trinajstić information content (AvgIpc) is 2.73. The fraction of sp³-hybridized carbons (Fsp3) is 0.682. The van der Waals surface area contributed by atoms with E-state index in [-0.39, 0.29) is 6.03 Å². The molecule has 1 atom stereocenters. The minimum Gasteiger partial charge on any atom is -0.334 e. The van der Waals surface area contributed by atoms with Crippen LogP contribution in [0.3, 0.4) is 0 Å². The molecule has 3 rings (SSSR count). The molecule has 2 fully saturated rings. The Hall–Kier alpha value is -1.59. The van der Waals surface area contributed by atoms with Crippen LogP contribution in [0.2, 0.25) is 0 Å². The van der Waals surface area contributed by atoms with Crippen molar-refractivity contribution >= 4 is 6.03 Å². The number of hydrogen-bond acceptors (Lipinski definition) is 3. The molecule has 0 spiro atoms. The second-order valence-electron chi connectivity index (χ2n) is 7.89. The average molecular weight is 373 g/mol. The van der Waals surface area contributed by atoms with Crippen molar-refractivity contribution in [2.24, 2.45) is 0 Å². The van der Waals surface area contributed by atoms with Gasteiger partial charge < -0.3 is 15.1 Å². The Kier molecular flexibility index (Phi) is 7.53. The Bertz CT molecular complexity index is 598. The number of nitrogens with one attached hydrogen (secondary N) is 1. The van der Waals surface area contributed by atoms with Crippen LogP contribution >= 0.6 is 0 Å². The maximum atomic E-state index is 12.7. The Balaban J connectivity index is 1.55. The van der Waals surface area contributed by atoms with Gasteiger partial charge in [-0.3, -0.25) is 4.90 Å². The summed E-state index contributed by atoms with van der Waals surface area (Å²) in [5.74, 6) is 0. The number of likely N-dealkylation sites (N-methyl/N-ethyl adjacent to an activating group) is 1. The third-order valence-electron chi connectivity index (χ3n) is 6.21. The minimum atomic E-state index is 0.105. The predicted octanol–water partition coefficient (Wildman–Crippen LogP) is 3.30. The van der Waals surface area contributed by atoms with E-state index in [9.17, 15) is 4.79 Å². The number of amides is 2. The summed E-state index contributed by atoms with van der Waals surface area (Å²) in [6.45, 7) is 12.6. The first kappa shape index (κ1) is 20.2. The minimum absolute atomic E-state index is 0.105. The summed E-state index contributed by atoms with van der Waals surface area (Å²) in [7, 11) is 0. The highest BCUT2D eigenvalue weighted by atomic mass is 16.2. The quantitative estimate of drug-likeness (QED) is 0.833. The lowest BCUT2D eigenvalue weighted by Gasteiger charge is -2.35. The topological polar surface area (TPSA) is 38.8 Å². The number of nitrogens with zero attached hydrogens (tertiary/aromatic N) is 3. The second-order valence-corrected chi connectivity index (χ2v) is 7.89. The van der Waals surface area contributed by atoms with Gasteiger partial charge >= 0.3 is 6.03 Å². The van der Waals surface area contributed by atoms with E-state index in [2.05, 4.69) is 58.1 Å². The number of hydrogen-bond donors (Lipinski definition) is 1. The van der Waals surface area contributed by atoms with Crippen molar-refractivity contribution in [3.63, 3.8) is 0 Å². The van der Waals surface area contributed by atoms with Gasteiger partial charge in [0.25, 0.3) is 0 Å². The zero-order valence-electron chi connectivity index (χ0n) is 17.1. The van der Waals surface area contributed by atoms with Gasteiger partial charge in [-0.2, -0.15) is 0 Å². The largest absolute Gasteiger partial charge is 0.334 e. The summed E-state index contributed by atoms with van der Waals surface area (Å²) in [5.41, 5.74) is 2.59. The lowest BCUT2D eigenvalue weighted by molar-refractivity contribution is 0.131. The van der Waals surface area contributed by atoms with Crippen LogP contribution in [0.15, 0.2) is 24.3 Å². The molecule has 5 nitrogen and oxygen atoms in total. The number of likely N-dealkylation sites (tertiary alicyclic amines) is 1. The molecule has 1 unspecified atom stereocenters. The van der Waals surface area contributed by atoms with Gasteiger partial charge in [-0.05, 0) is 43.4 Å². The molecule has 0 bridgehead atoms. The molecule has 1 aromatic carbocycles. The number of piperidine rings is 1. The predicted molar refractivity (Wildman–Crippen MR) is 111 cm³/mol. The highest BCUT2D eigenvalue weighted by Crippen LogP contribution is 2.20. The molecule has 1 aromatic rings. The smallest absolute Gasteiger partial charge is 0.317 e. The summed E-state index contributed by atoms with van der Waals surface area (Å²) in [6, 6.07) is 9.07. The Morgan fingerprint density at radius 2 is 1.70 bits per heavy atom. The second kappa shape index (κ2) is 10.1. The highest BCUT2D eigenvalue weighted by Gasteiger charge is 2.25. The summed E-state index contributed by atoms with van der Waals surface area (Å²) in [6.07, 6.45) is 4.57. The molecule has 2 aliphatic rings. The van der Waals surface area contributed by atoms with Crippen LogP contribution < -0.4 is 5.32 Å². The van der Waals surface area contributed by atoms with Crippen molar-refractivity contribution in [1.82, 2.24) is 20.0 Å². The number of urea groups is 1. The molecule has 150 valence electrons. The molecule has 2 saturated heterocycles. The van der Waals surface area contributed by atoms with E-state index in [0.717, 1.165) is 65.1 Å². The van der Waals surface area contributed by atoms with Crippen LogP contribution in [0, 0.1) is 0 Å². The first-order chi connectivity index (χ1) is 13.2. The van der Waals surface area contributed by atoms with E-state index < -0.39 is 0 Å². The molecule has 0 aliphatic carbocycles. The molecule has 0 saturated carbocycles. The third-order valence-corrected chi connectivity index (χ3v) is 6.21. The van der Waals surface area contributed by atoms with Crippen molar-refractivity contribution in [2.45, 2.75) is 58.7 Å². The Morgan fingerprint density at radius 3 is 2.41 bits per heavy atom. The van der Waals surface area contributed by atoms with Gasteiger partial charge in [0.2, 0.25) is 0 Å². The number of benzene rings is 1. The van der Waals surface area contributed by atoms with E-state index in [1.54, 1.807) is 0 Å². The number of rotatable bonds is 6. The van der Waals surface area contributed by atoms with Crippen LogP contribution in [0.25, 0.3) is 0 Å². The fourth-order valence-electron chi connectivity index (χ4n) is 4.35. The number of piperazine rings is 1. The summed E-state index contributed by atoms with van der Waals surface area (Å²) >= 11 is 0. The van der Waals surface area contributed by atoms with Crippen LogP contribution in [0.1, 0.15) is 50.7 Å². The third kappa shape index (κ3) is 5.45. The van der Waals surface area contributed by atoms with Gasteiger partial charge in [0.15, 0.2) is 0 Å². The van der Waals surface area contributed by atoms with Crippen molar-refractivity contribution in [1.29, 1.82) is 0 Å². The van der Waals surface area contributed by atoms with Crippen molar-refractivity contribution in [3.8, 4) is 0 Å². The Labute approximate surface area is 164 Å². The molecule has 1 N–H and O–H groups in total. The molecule has 2 heterocycles. The van der Waals surface area contributed by atoms with Gasteiger partial charge in [0.1, 0.15) is 0 Å². The van der Waals surface area contributed by atoms with Crippen LogP contribution in [-0.4, -0.2) is 66.0 Å². The molecule has 2 aliphatic heterocycles. The SMILES string of the molecule is CCC1CCCCN1C(=O)NCc1ccccc1CN1CCN(CC)CC1. The standard InChI is InChI=1S/C22H36N4O/c1-3-21-11-7-8-12-26(21)22(27)23-17-19-9-5-6-10-20(19)18-25-15-13-24(4-2)14-16-25/h5-6,9-10,21H,3-4,7-8,11-18H2,1-2H3,(H,23,27). The summed E-state index contributed by atoms with van der Waals surface area (Å²) in [5, 5.41) is 3.19. The molecular weight excluding hydrogens is 336 g/mol. The molecule has 0 aromatic heterocycles. The van der Waals surface area contributed by atoms with E-state index >= 15 is 0 Å². The molecule has 27 heavy (non-hydrogen) atoms. The van der Waals surface area contributed by atoms with E-state index in [0.29, 0.717) is 12.6 Å². The first-order valence-electron chi connectivity index (χ1n) is 10.8. The van der Waals surface area contributed by atoms with Crippen LogP contribution in [-0.2, 0) is 13.1 Å². The molecular formula is C22H36N4O. The van der Waals surface area contributed by atoms with E-state index in [1.807, 2.05) is 0 Å². The number of carbonyl (C=O) groups excluding carboxylic acids is 1. The maximum absolute atomic E-state index is 12.7.